The van der Waals surface area contributed by atoms with Crippen molar-refractivity contribution in [3.05, 3.63) is 53.5 Å². The third-order valence-corrected chi connectivity index (χ3v) is 3.56. The Kier molecular flexibility index (Phi) is 2.65. The Labute approximate surface area is 125 Å². The van der Waals surface area contributed by atoms with E-state index < -0.39 is 0 Å². The molecule has 0 radical (unpaired) electrons. The summed E-state index contributed by atoms with van der Waals surface area (Å²) in [4.78, 5) is 12.7. The van der Waals surface area contributed by atoms with Crippen molar-refractivity contribution in [2.75, 3.05) is 0 Å². The molecule has 0 unspecified atom stereocenters. The van der Waals surface area contributed by atoms with Gasteiger partial charge in [0.1, 0.15) is 5.15 Å². The molecule has 4 rings (SSSR count). The highest BCUT2D eigenvalue weighted by Gasteiger charge is 2.07. The predicted molar refractivity (Wildman–Crippen MR) is 79.4 cm³/mol. The minimum absolute atomic E-state index is 0.470. The first-order chi connectivity index (χ1) is 10.2. The number of hydrogen-bond acceptors (Lipinski definition) is 4. The first-order valence-corrected chi connectivity index (χ1v) is 6.85. The summed E-state index contributed by atoms with van der Waals surface area (Å²) in [6.07, 6.45) is 9.33. The van der Waals surface area contributed by atoms with E-state index in [2.05, 4.69) is 20.1 Å². The summed E-state index contributed by atoms with van der Waals surface area (Å²) in [7, 11) is 0. The lowest BCUT2D eigenvalue weighted by Gasteiger charge is -2.01. The molecule has 7 heteroatoms. The summed E-state index contributed by atoms with van der Waals surface area (Å²) in [6.45, 7) is 2.56. The Balaban J connectivity index is 1.73. The lowest BCUT2D eigenvalue weighted by molar-refractivity contribution is 0.690. The molecular weight excluding hydrogens is 288 g/mol. The molecule has 0 saturated heterocycles. The molecule has 0 saturated carbocycles. The van der Waals surface area contributed by atoms with Gasteiger partial charge in [0.15, 0.2) is 0 Å². The van der Waals surface area contributed by atoms with Crippen molar-refractivity contribution < 1.29 is 0 Å². The second-order valence-corrected chi connectivity index (χ2v) is 5.27. The Bertz CT molecular complexity index is 955. The van der Waals surface area contributed by atoms with E-state index in [1.54, 1.807) is 6.20 Å². The fraction of sp³-hybridized carbons (Fsp3) is 0.143. The van der Waals surface area contributed by atoms with Gasteiger partial charge in [-0.15, -0.1) is 0 Å². The Morgan fingerprint density at radius 3 is 2.95 bits per heavy atom. The number of fused-ring (bicyclic) bond motifs is 2. The molecule has 6 nitrogen and oxygen atoms in total. The van der Waals surface area contributed by atoms with Crippen LogP contribution in [0.25, 0.3) is 16.7 Å². The van der Waals surface area contributed by atoms with Gasteiger partial charge in [-0.1, -0.05) is 11.6 Å². The maximum absolute atomic E-state index is 6.07. The topological polar surface area (TPSA) is 60.9 Å². The van der Waals surface area contributed by atoms with E-state index in [0.717, 1.165) is 22.2 Å². The number of hydrogen-bond donors (Lipinski definition) is 0. The fourth-order valence-electron chi connectivity index (χ4n) is 2.36. The average molecular weight is 299 g/mol. The standard InChI is InChI=1S/C14H11ClN6/c1-9-5-20-6-10(4-17-14(20)18-9)7-21-8-11-12(19-21)2-3-16-13(11)15/h2-6,8H,7H2,1H3. The number of aromatic nitrogens is 6. The normalized spacial score (nSPS) is 11.5. The van der Waals surface area contributed by atoms with Crippen LogP contribution < -0.4 is 0 Å². The zero-order valence-corrected chi connectivity index (χ0v) is 12.0. The minimum atomic E-state index is 0.470. The number of pyridine rings is 1. The SMILES string of the molecule is Cc1cn2cc(Cn3cc4c(Cl)nccc4n3)cnc2n1. The number of halogens is 1. The van der Waals surface area contributed by atoms with Crippen LogP contribution in [0.1, 0.15) is 11.3 Å². The van der Waals surface area contributed by atoms with Gasteiger partial charge in [-0.3, -0.25) is 9.08 Å². The van der Waals surface area contributed by atoms with Gasteiger partial charge >= 0.3 is 0 Å². The van der Waals surface area contributed by atoms with E-state index in [1.165, 1.54) is 0 Å². The van der Waals surface area contributed by atoms with Gasteiger partial charge in [0.25, 0.3) is 0 Å². The molecule has 4 aromatic heterocycles. The highest BCUT2D eigenvalue weighted by molar-refractivity contribution is 6.34. The number of aryl methyl sites for hydroxylation is 1. The molecule has 4 heterocycles. The van der Waals surface area contributed by atoms with E-state index in [0.29, 0.717) is 17.5 Å². The van der Waals surface area contributed by atoms with E-state index >= 15 is 0 Å². The maximum Gasteiger partial charge on any atom is 0.233 e. The third kappa shape index (κ3) is 2.13. The third-order valence-electron chi connectivity index (χ3n) is 3.26. The molecule has 4 aromatic rings. The van der Waals surface area contributed by atoms with Crippen LogP contribution in [-0.4, -0.2) is 29.1 Å². The van der Waals surface area contributed by atoms with Crippen molar-refractivity contribution >= 4 is 28.3 Å². The van der Waals surface area contributed by atoms with Crippen molar-refractivity contribution in [3.8, 4) is 0 Å². The Morgan fingerprint density at radius 2 is 2.10 bits per heavy atom. The molecule has 0 aliphatic rings. The summed E-state index contributed by atoms with van der Waals surface area (Å²) in [6, 6.07) is 1.85. The molecule has 0 spiro atoms. The minimum Gasteiger partial charge on any atom is -0.291 e. The quantitative estimate of drug-likeness (QED) is 0.533. The molecule has 104 valence electrons. The number of nitrogens with zero attached hydrogens (tertiary/aromatic N) is 6. The van der Waals surface area contributed by atoms with E-state index in [4.69, 9.17) is 11.6 Å². The molecule has 0 aliphatic heterocycles. The summed E-state index contributed by atoms with van der Waals surface area (Å²) >= 11 is 6.07. The molecule has 21 heavy (non-hydrogen) atoms. The second kappa shape index (κ2) is 4.53. The molecule has 0 fully saturated rings. The number of rotatable bonds is 2. The van der Waals surface area contributed by atoms with Crippen LogP contribution >= 0.6 is 11.6 Å². The zero-order valence-electron chi connectivity index (χ0n) is 11.2. The zero-order chi connectivity index (χ0) is 14.4. The van der Waals surface area contributed by atoms with Gasteiger partial charge in [0, 0.05) is 36.5 Å². The van der Waals surface area contributed by atoms with Gasteiger partial charge in [-0.2, -0.15) is 5.10 Å². The Morgan fingerprint density at radius 1 is 1.19 bits per heavy atom. The first-order valence-electron chi connectivity index (χ1n) is 6.47. The molecule has 0 N–H and O–H groups in total. The van der Waals surface area contributed by atoms with Crippen molar-refractivity contribution in [3.63, 3.8) is 0 Å². The Hall–Kier alpha value is -2.47. The predicted octanol–water partition coefficient (Wildman–Crippen LogP) is 2.48. The van der Waals surface area contributed by atoms with Crippen molar-refractivity contribution in [2.45, 2.75) is 13.5 Å². The maximum atomic E-state index is 6.07. The first kappa shape index (κ1) is 12.3. The molecule has 0 amide bonds. The van der Waals surface area contributed by atoms with Crippen LogP contribution in [0.5, 0.6) is 0 Å². The highest BCUT2D eigenvalue weighted by atomic mass is 35.5. The molecule has 0 bridgehead atoms. The van der Waals surface area contributed by atoms with Crippen molar-refractivity contribution in [1.82, 2.24) is 29.1 Å². The fourth-order valence-corrected chi connectivity index (χ4v) is 2.56. The van der Waals surface area contributed by atoms with Crippen LogP contribution in [0.3, 0.4) is 0 Å². The van der Waals surface area contributed by atoms with Crippen molar-refractivity contribution in [2.24, 2.45) is 0 Å². The molecule has 0 aromatic carbocycles. The second-order valence-electron chi connectivity index (χ2n) is 4.91. The van der Waals surface area contributed by atoms with Gasteiger partial charge < -0.3 is 0 Å². The highest BCUT2D eigenvalue weighted by Crippen LogP contribution is 2.19. The molecule has 0 atom stereocenters. The lowest BCUT2D eigenvalue weighted by Crippen LogP contribution is -2.02. The van der Waals surface area contributed by atoms with Crippen LogP contribution in [0, 0.1) is 6.92 Å². The average Bonchev–Trinajstić information content (AvgIpc) is 3.01. The van der Waals surface area contributed by atoms with E-state index in [9.17, 15) is 0 Å². The molecular formula is C14H11ClN6. The van der Waals surface area contributed by atoms with Gasteiger partial charge in [-0.25, -0.2) is 15.0 Å². The van der Waals surface area contributed by atoms with Crippen LogP contribution in [0.15, 0.2) is 37.1 Å². The number of imidazole rings is 1. The van der Waals surface area contributed by atoms with Gasteiger partial charge in [0.2, 0.25) is 5.78 Å². The summed E-state index contributed by atoms with van der Waals surface area (Å²) in [5, 5.41) is 5.82. The van der Waals surface area contributed by atoms with E-state index in [1.807, 2.05) is 46.9 Å². The summed E-state index contributed by atoms with van der Waals surface area (Å²) < 4.78 is 3.76. The van der Waals surface area contributed by atoms with E-state index in [-0.39, 0.29) is 0 Å². The van der Waals surface area contributed by atoms with Crippen LogP contribution in [0.4, 0.5) is 0 Å². The van der Waals surface area contributed by atoms with Gasteiger partial charge in [-0.05, 0) is 13.0 Å². The summed E-state index contributed by atoms with van der Waals surface area (Å²) in [5.41, 5.74) is 2.82. The largest absolute Gasteiger partial charge is 0.291 e. The summed E-state index contributed by atoms with van der Waals surface area (Å²) in [5.74, 6) is 0.703. The lowest BCUT2D eigenvalue weighted by atomic mass is 10.3. The molecule has 0 aliphatic carbocycles. The van der Waals surface area contributed by atoms with Crippen LogP contribution in [0.2, 0.25) is 5.15 Å². The monoisotopic (exact) mass is 298 g/mol. The van der Waals surface area contributed by atoms with Crippen molar-refractivity contribution in [1.29, 1.82) is 0 Å². The smallest absolute Gasteiger partial charge is 0.233 e. The van der Waals surface area contributed by atoms with Crippen LogP contribution in [-0.2, 0) is 6.54 Å². The van der Waals surface area contributed by atoms with Gasteiger partial charge in [0.05, 0.1) is 23.1 Å².